The molecule has 2 rings (SSSR count). The van der Waals surface area contributed by atoms with Gasteiger partial charge in [0.05, 0.1) is 13.2 Å². The van der Waals surface area contributed by atoms with Crippen molar-refractivity contribution in [1.82, 2.24) is 15.3 Å². The van der Waals surface area contributed by atoms with Crippen molar-refractivity contribution in [2.45, 2.75) is 6.54 Å². The molecule has 0 aliphatic rings. The number of carboxylic acid groups (broad SMARTS) is 1. The predicted octanol–water partition coefficient (Wildman–Crippen LogP) is 1.19. The van der Waals surface area contributed by atoms with Crippen molar-refractivity contribution in [3.05, 3.63) is 40.0 Å². The molecule has 2 aromatic heterocycles. The van der Waals surface area contributed by atoms with Gasteiger partial charge in [-0.05, 0) is 6.07 Å². The monoisotopic (exact) mass is 337 g/mol. The van der Waals surface area contributed by atoms with Gasteiger partial charge in [0.15, 0.2) is 5.69 Å². The number of carbonyl (C=O) groups excluding carboxylic acids is 1. The summed E-state index contributed by atoms with van der Waals surface area (Å²) in [5.41, 5.74) is 0.361. The number of carbonyl (C=O) groups is 2. The maximum Gasteiger partial charge on any atom is 0.355 e. The second kappa shape index (κ2) is 8.20. The minimum absolute atomic E-state index is 0.0306. The summed E-state index contributed by atoms with van der Waals surface area (Å²) in [5, 5.41) is 13.4. The fourth-order valence-electron chi connectivity index (χ4n) is 1.61. The summed E-state index contributed by atoms with van der Waals surface area (Å²) in [5.74, 6) is -1.08. The Morgan fingerprint density at radius 3 is 2.91 bits per heavy atom. The molecular weight excluding hydrogens is 322 g/mol. The summed E-state index contributed by atoms with van der Waals surface area (Å²) in [6.07, 6.45) is 1.48. The first-order valence-corrected chi connectivity index (χ1v) is 7.52. The number of nitrogens with zero attached hydrogens (tertiary/aromatic N) is 2. The SMILES string of the molecule is COCCOc1cc(C(=O)NCc2nc(C(=O)O)cs2)ccn1. The van der Waals surface area contributed by atoms with Gasteiger partial charge in [-0.1, -0.05) is 0 Å². The highest BCUT2D eigenvalue weighted by Crippen LogP contribution is 2.11. The van der Waals surface area contributed by atoms with Gasteiger partial charge in [-0.25, -0.2) is 14.8 Å². The number of hydrogen-bond acceptors (Lipinski definition) is 7. The van der Waals surface area contributed by atoms with Crippen molar-refractivity contribution >= 4 is 23.2 Å². The fraction of sp³-hybridized carbons (Fsp3) is 0.286. The topological polar surface area (TPSA) is 111 Å². The fourth-order valence-corrected chi connectivity index (χ4v) is 2.32. The van der Waals surface area contributed by atoms with Crippen LogP contribution in [0.3, 0.4) is 0 Å². The average Bonchev–Trinajstić information content (AvgIpc) is 3.02. The number of rotatable bonds is 8. The molecule has 9 heteroatoms. The van der Waals surface area contributed by atoms with Crippen LogP contribution >= 0.6 is 11.3 Å². The Balaban J connectivity index is 1.91. The minimum Gasteiger partial charge on any atom is -0.476 e. The van der Waals surface area contributed by atoms with Gasteiger partial charge in [0.25, 0.3) is 5.91 Å². The van der Waals surface area contributed by atoms with Gasteiger partial charge in [0.2, 0.25) is 5.88 Å². The highest BCUT2D eigenvalue weighted by Gasteiger charge is 2.11. The van der Waals surface area contributed by atoms with Crippen LogP contribution in [-0.4, -0.2) is 47.3 Å². The van der Waals surface area contributed by atoms with Gasteiger partial charge in [0, 0.05) is 30.3 Å². The number of thiazole rings is 1. The molecule has 2 heterocycles. The third-order valence-electron chi connectivity index (χ3n) is 2.71. The highest BCUT2D eigenvalue weighted by atomic mass is 32.1. The number of carboxylic acids is 1. The second-order valence-corrected chi connectivity index (χ2v) is 5.28. The van der Waals surface area contributed by atoms with E-state index in [2.05, 4.69) is 15.3 Å². The van der Waals surface area contributed by atoms with E-state index < -0.39 is 5.97 Å². The van der Waals surface area contributed by atoms with E-state index in [4.69, 9.17) is 14.6 Å². The number of aromatic carboxylic acids is 1. The molecule has 1 amide bonds. The summed E-state index contributed by atoms with van der Waals surface area (Å²) in [7, 11) is 1.56. The van der Waals surface area contributed by atoms with Crippen molar-refractivity contribution in [2.75, 3.05) is 20.3 Å². The first-order valence-electron chi connectivity index (χ1n) is 6.64. The van der Waals surface area contributed by atoms with E-state index in [9.17, 15) is 9.59 Å². The number of amides is 1. The number of nitrogens with one attached hydrogen (secondary N) is 1. The Morgan fingerprint density at radius 2 is 2.22 bits per heavy atom. The number of methoxy groups -OCH3 is 1. The van der Waals surface area contributed by atoms with Gasteiger partial charge in [-0.15, -0.1) is 11.3 Å². The molecule has 2 aromatic rings. The van der Waals surface area contributed by atoms with Crippen molar-refractivity contribution in [2.24, 2.45) is 0 Å². The van der Waals surface area contributed by atoms with Gasteiger partial charge in [0.1, 0.15) is 11.6 Å². The third-order valence-corrected chi connectivity index (χ3v) is 3.55. The molecule has 0 atom stereocenters. The van der Waals surface area contributed by atoms with Crippen molar-refractivity contribution < 1.29 is 24.2 Å². The number of hydrogen-bond donors (Lipinski definition) is 2. The van der Waals surface area contributed by atoms with Crippen LogP contribution in [0.5, 0.6) is 5.88 Å². The van der Waals surface area contributed by atoms with E-state index in [0.717, 1.165) is 0 Å². The van der Waals surface area contributed by atoms with Crippen LogP contribution in [0.15, 0.2) is 23.7 Å². The van der Waals surface area contributed by atoms with Crippen LogP contribution in [0, 0.1) is 0 Å². The molecule has 23 heavy (non-hydrogen) atoms. The normalized spacial score (nSPS) is 10.3. The van der Waals surface area contributed by atoms with Crippen LogP contribution in [-0.2, 0) is 11.3 Å². The van der Waals surface area contributed by atoms with Crippen molar-refractivity contribution in [3.8, 4) is 5.88 Å². The standard InChI is InChI=1S/C14H15N3O5S/c1-21-4-5-22-11-6-9(2-3-15-11)13(18)16-7-12-17-10(8-23-12)14(19)20/h2-3,6,8H,4-5,7H2,1H3,(H,16,18)(H,19,20). The predicted molar refractivity (Wildman–Crippen MR) is 81.9 cm³/mol. The molecule has 0 aliphatic heterocycles. The third kappa shape index (κ3) is 5.01. The lowest BCUT2D eigenvalue weighted by molar-refractivity contribution is 0.0691. The lowest BCUT2D eigenvalue weighted by Crippen LogP contribution is -2.23. The Morgan fingerprint density at radius 1 is 1.39 bits per heavy atom. The Labute approximate surface area is 136 Å². The van der Waals surface area contributed by atoms with E-state index >= 15 is 0 Å². The highest BCUT2D eigenvalue weighted by molar-refractivity contribution is 7.09. The molecule has 122 valence electrons. The van der Waals surface area contributed by atoms with Crippen LogP contribution < -0.4 is 10.1 Å². The molecule has 0 bridgehead atoms. The molecule has 0 aromatic carbocycles. The van der Waals surface area contributed by atoms with Gasteiger partial charge in [-0.2, -0.15) is 0 Å². The summed E-state index contributed by atoms with van der Waals surface area (Å²) in [6, 6.07) is 3.08. The smallest absolute Gasteiger partial charge is 0.355 e. The lowest BCUT2D eigenvalue weighted by Gasteiger charge is -2.07. The molecule has 8 nitrogen and oxygen atoms in total. The van der Waals surface area contributed by atoms with Gasteiger partial charge >= 0.3 is 5.97 Å². The van der Waals surface area contributed by atoms with Crippen LogP contribution in [0.25, 0.3) is 0 Å². The quantitative estimate of drug-likeness (QED) is 0.696. The molecule has 0 aliphatic carbocycles. The molecule has 0 unspecified atom stereocenters. The minimum atomic E-state index is -1.09. The van der Waals surface area contributed by atoms with Gasteiger partial charge < -0.3 is 19.9 Å². The van der Waals surface area contributed by atoms with Crippen LogP contribution in [0.1, 0.15) is 25.9 Å². The number of pyridine rings is 1. The molecule has 0 radical (unpaired) electrons. The molecule has 2 N–H and O–H groups in total. The zero-order chi connectivity index (χ0) is 16.7. The maximum absolute atomic E-state index is 12.1. The largest absolute Gasteiger partial charge is 0.476 e. The van der Waals surface area contributed by atoms with Gasteiger partial charge in [-0.3, -0.25) is 4.79 Å². The Bertz CT molecular complexity index is 689. The summed E-state index contributed by atoms with van der Waals surface area (Å²) >= 11 is 1.17. The van der Waals surface area contributed by atoms with E-state index in [1.165, 1.54) is 29.0 Å². The molecular formula is C14H15N3O5S. The summed E-state index contributed by atoms with van der Waals surface area (Å²) in [4.78, 5) is 30.7. The molecule has 0 saturated carbocycles. The number of aromatic nitrogens is 2. The second-order valence-electron chi connectivity index (χ2n) is 4.34. The maximum atomic E-state index is 12.1. The van der Waals surface area contributed by atoms with E-state index in [0.29, 0.717) is 29.7 Å². The average molecular weight is 337 g/mol. The molecule has 0 fully saturated rings. The Kier molecular flexibility index (Phi) is 6.01. The summed E-state index contributed by atoms with van der Waals surface area (Å²) < 4.78 is 10.2. The number of ether oxygens (including phenoxy) is 2. The molecule has 0 saturated heterocycles. The zero-order valence-corrected chi connectivity index (χ0v) is 13.1. The first kappa shape index (κ1) is 16.8. The van der Waals surface area contributed by atoms with Crippen molar-refractivity contribution in [1.29, 1.82) is 0 Å². The van der Waals surface area contributed by atoms with E-state index in [1.807, 2.05) is 0 Å². The Hall–Kier alpha value is -2.52. The zero-order valence-electron chi connectivity index (χ0n) is 12.3. The molecule has 0 spiro atoms. The lowest BCUT2D eigenvalue weighted by atomic mass is 10.2. The first-order chi connectivity index (χ1) is 11.1. The van der Waals surface area contributed by atoms with E-state index in [1.54, 1.807) is 13.2 Å². The van der Waals surface area contributed by atoms with Crippen LogP contribution in [0.4, 0.5) is 0 Å². The van der Waals surface area contributed by atoms with Crippen molar-refractivity contribution in [3.63, 3.8) is 0 Å². The summed E-state index contributed by atoms with van der Waals surface area (Å²) in [6.45, 7) is 0.915. The van der Waals surface area contributed by atoms with E-state index in [-0.39, 0.29) is 18.1 Å². The van der Waals surface area contributed by atoms with Crippen LogP contribution in [0.2, 0.25) is 0 Å².